The number of benzene rings is 1. The van der Waals surface area contributed by atoms with Crippen LogP contribution in [0.15, 0.2) is 30.6 Å². The second kappa shape index (κ2) is 4.35. The maximum atomic E-state index is 11.9. The van der Waals surface area contributed by atoms with Gasteiger partial charge in [0, 0.05) is 13.1 Å². The summed E-state index contributed by atoms with van der Waals surface area (Å²) in [7, 11) is 2.03. The summed E-state index contributed by atoms with van der Waals surface area (Å²) in [6.07, 6.45) is 2.89. The van der Waals surface area contributed by atoms with Crippen LogP contribution in [0.4, 0.5) is 0 Å². The van der Waals surface area contributed by atoms with Crippen molar-refractivity contribution in [1.29, 1.82) is 0 Å². The van der Waals surface area contributed by atoms with Gasteiger partial charge in [0.25, 0.3) is 0 Å². The molecule has 100 valence electrons. The number of para-hydroxylation sites is 2. The van der Waals surface area contributed by atoms with Gasteiger partial charge in [-0.05, 0) is 32.0 Å². The number of likely N-dealkylation sites (tertiary alicyclic amines) is 1. The van der Waals surface area contributed by atoms with Gasteiger partial charge in [0.05, 0.1) is 17.4 Å². The van der Waals surface area contributed by atoms with E-state index in [9.17, 15) is 9.90 Å². The fraction of sp³-hybridized carbons (Fsp3) is 0.429. The summed E-state index contributed by atoms with van der Waals surface area (Å²) in [6.45, 7) is 1.58. The molecule has 5 heteroatoms. The van der Waals surface area contributed by atoms with Gasteiger partial charge in [-0.15, -0.1) is 0 Å². The molecule has 1 N–H and O–H groups in total. The number of imidazole rings is 1. The van der Waals surface area contributed by atoms with E-state index in [1.165, 1.54) is 0 Å². The summed E-state index contributed by atoms with van der Waals surface area (Å²) in [6, 6.07) is 7.69. The number of aromatic nitrogens is 2. The zero-order valence-corrected chi connectivity index (χ0v) is 10.9. The maximum absolute atomic E-state index is 11.9. The predicted molar refractivity (Wildman–Crippen MR) is 72.1 cm³/mol. The third kappa shape index (κ3) is 1.81. The van der Waals surface area contributed by atoms with Gasteiger partial charge in [-0.2, -0.15) is 0 Å². The number of piperidine rings is 1. The first kappa shape index (κ1) is 12.2. The molecule has 1 saturated heterocycles. The molecule has 1 aliphatic heterocycles. The van der Waals surface area contributed by atoms with Crippen molar-refractivity contribution >= 4 is 17.0 Å². The summed E-state index contributed by atoms with van der Waals surface area (Å²) in [4.78, 5) is 18.4. The average Bonchev–Trinajstić information content (AvgIpc) is 2.84. The van der Waals surface area contributed by atoms with E-state index in [0.717, 1.165) is 24.1 Å². The minimum Gasteiger partial charge on any atom is -0.479 e. The Hall–Kier alpha value is -1.88. The molecule has 0 saturated carbocycles. The average molecular weight is 259 g/mol. The Morgan fingerprint density at radius 1 is 1.32 bits per heavy atom. The molecule has 0 unspecified atom stereocenters. The molecule has 19 heavy (non-hydrogen) atoms. The van der Waals surface area contributed by atoms with Crippen LogP contribution >= 0.6 is 0 Å². The molecule has 1 aromatic heterocycles. The van der Waals surface area contributed by atoms with Crippen molar-refractivity contribution in [1.82, 2.24) is 14.5 Å². The molecule has 1 fully saturated rings. The van der Waals surface area contributed by atoms with Gasteiger partial charge in [0.1, 0.15) is 5.54 Å². The Kier molecular flexibility index (Phi) is 2.78. The van der Waals surface area contributed by atoms with Gasteiger partial charge < -0.3 is 14.6 Å². The van der Waals surface area contributed by atoms with Gasteiger partial charge in [-0.1, -0.05) is 12.1 Å². The lowest BCUT2D eigenvalue weighted by atomic mass is 9.87. The fourth-order valence-corrected chi connectivity index (χ4v) is 2.85. The van der Waals surface area contributed by atoms with E-state index in [4.69, 9.17) is 0 Å². The van der Waals surface area contributed by atoms with Crippen LogP contribution in [0, 0.1) is 0 Å². The number of carboxylic acid groups (broad SMARTS) is 1. The highest BCUT2D eigenvalue weighted by atomic mass is 16.4. The van der Waals surface area contributed by atoms with Gasteiger partial charge in [-0.25, -0.2) is 9.78 Å². The number of rotatable bonds is 2. The molecule has 3 rings (SSSR count). The van der Waals surface area contributed by atoms with Gasteiger partial charge in [-0.3, -0.25) is 0 Å². The van der Waals surface area contributed by atoms with Crippen molar-refractivity contribution in [2.75, 3.05) is 20.1 Å². The molecule has 0 bridgehead atoms. The molecule has 1 aliphatic rings. The highest BCUT2D eigenvalue weighted by Gasteiger charge is 2.43. The molecule has 0 amide bonds. The molecule has 2 heterocycles. The standard InChI is InChI=1S/C14H17N3O2/c1-16-8-6-14(7-9-16,13(18)19)17-10-15-11-4-2-3-5-12(11)17/h2-5,10H,6-9H2,1H3,(H,18,19). The molecule has 0 radical (unpaired) electrons. The first-order valence-corrected chi connectivity index (χ1v) is 6.48. The monoisotopic (exact) mass is 259 g/mol. The summed E-state index contributed by atoms with van der Waals surface area (Å²) >= 11 is 0. The third-order valence-corrected chi connectivity index (χ3v) is 4.13. The predicted octanol–water partition coefficient (Wildman–Crippen LogP) is 1.54. The van der Waals surface area contributed by atoms with Crippen molar-refractivity contribution in [2.45, 2.75) is 18.4 Å². The molecule has 0 aliphatic carbocycles. The number of fused-ring (bicyclic) bond motifs is 1. The number of aliphatic carboxylic acids is 1. The van der Waals surface area contributed by atoms with E-state index in [1.54, 1.807) is 6.33 Å². The van der Waals surface area contributed by atoms with E-state index in [0.29, 0.717) is 12.8 Å². The van der Waals surface area contributed by atoms with Crippen molar-refractivity contribution in [2.24, 2.45) is 0 Å². The summed E-state index contributed by atoms with van der Waals surface area (Å²) in [5.74, 6) is -0.760. The van der Waals surface area contributed by atoms with Crippen LogP contribution in [0.5, 0.6) is 0 Å². The van der Waals surface area contributed by atoms with E-state index in [1.807, 2.05) is 35.9 Å². The van der Waals surface area contributed by atoms with Crippen LogP contribution in [-0.2, 0) is 10.3 Å². The number of carboxylic acids is 1. The molecule has 0 spiro atoms. The highest BCUT2D eigenvalue weighted by molar-refractivity contribution is 5.82. The molecule has 0 atom stereocenters. The number of carbonyl (C=O) groups is 1. The second-order valence-electron chi connectivity index (χ2n) is 5.24. The van der Waals surface area contributed by atoms with Crippen LogP contribution < -0.4 is 0 Å². The van der Waals surface area contributed by atoms with Crippen molar-refractivity contribution in [3.8, 4) is 0 Å². The number of nitrogens with zero attached hydrogens (tertiary/aromatic N) is 3. The van der Waals surface area contributed by atoms with E-state index >= 15 is 0 Å². The lowest BCUT2D eigenvalue weighted by Gasteiger charge is -2.38. The second-order valence-corrected chi connectivity index (χ2v) is 5.24. The van der Waals surface area contributed by atoms with Crippen LogP contribution in [0.3, 0.4) is 0 Å². The largest absolute Gasteiger partial charge is 0.479 e. The molecular formula is C14H17N3O2. The van der Waals surface area contributed by atoms with Crippen molar-refractivity contribution in [3.63, 3.8) is 0 Å². The van der Waals surface area contributed by atoms with E-state index in [2.05, 4.69) is 9.88 Å². The summed E-state index contributed by atoms with van der Waals surface area (Å²) < 4.78 is 1.84. The highest BCUT2D eigenvalue weighted by Crippen LogP contribution is 2.33. The first-order chi connectivity index (χ1) is 9.13. The van der Waals surface area contributed by atoms with E-state index < -0.39 is 11.5 Å². The Bertz CT molecular complexity index is 612. The van der Waals surface area contributed by atoms with Crippen LogP contribution in [0.2, 0.25) is 0 Å². The summed E-state index contributed by atoms with van der Waals surface area (Å²) in [5.41, 5.74) is 0.888. The zero-order chi connectivity index (χ0) is 13.5. The topological polar surface area (TPSA) is 58.4 Å². The minimum absolute atomic E-state index is 0.610. The summed E-state index contributed by atoms with van der Waals surface area (Å²) in [5, 5.41) is 9.74. The lowest BCUT2D eigenvalue weighted by Crippen LogP contribution is -2.49. The lowest BCUT2D eigenvalue weighted by molar-refractivity contribution is -0.150. The van der Waals surface area contributed by atoms with E-state index in [-0.39, 0.29) is 0 Å². The number of hydrogen-bond acceptors (Lipinski definition) is 3. The Morgan fingerprint density at radius 2 is 2.00 bits per heavy atom. The van der Waals surface area contributed by atoms with Gasteiger partial charge in [0.15, 0.2) is 0 Å². The van der Waals surface area contributed by atoms with Crippen molar-refractivity contribution < 1.29 is 9.90 Å². The quantitative estimate of drug-likeness (QED) is 0.888. The fourth-order valence-electron chi connectivity index (χ4n) is 2.85. The number of hydrogen-bond donors (Lipinski definition) is 1. The van der Waals surface area contributed by atoms with Crippen LogP contribution in [-0.4, -0.2) is 45.7 Å². The smallest absolute Gasteiger partial charge is 0.330 e. The maximum Gasteiger partial charge on any atom is 0.330 e. The molecule has 1 aromatic carbocycles. The first-order valence-electron chi connectivity index (χ1n) is 6.48. The third-order valence-electron chi connectivity index (χ3n) is 4.13. The van der Waals surface area contributed by atoms with Crippen LogP contribution in [0.1, 0.15) is 12.8 Å². The molecule has 5 nitrogen and oxygen atoms in total. The molecular weight excluding hydrogens is 242 g/mol. The van der Waals surface area contributed by atoms with Crippen LogP contribution in [0.25, 0.3) is 11.0 Å². The van der Waals surface area contributed by atoms with Gasteiger partial charge in [0.2, 0.25) is 0 Å². The Balaban J connectivity index is 2.13. The zero-order valence-electron chi connectivity index (χ0n) is 10.9. The van der Waals surface area contributed by atoms with Gasteiger partial charge >= 0.3 is 5.97 Å². The Morgan fingerprint density at radius 3 is 2.68 bits per heavy atom. The Labute approximate surface area is 111 Å². The normalized spacial score (nSPS) is 19.6. The minimum atomic E-state index is -0.859. The molecule has 2 aromatic rings. The SMILES string of the molecule is CN1CCC(C(=O)O)(n2cnc3ccccc32)CC1. The van der Waals surface area contributed by atoms with Crippen molar-refractivity contribution in [3.05, 3.63) is 30.6 Å².